The highest BCUT2D eigenvalue weighted by Crippen LogP contribution is 2.32. The molecule has 0 N–H and O–H groups in total. The predicted molar refractivity (Wildman–Crippen MR) is 125 cm³/mol. The van der Waals surface area contributed by atoms with Crippen LogP contribution in [-0.4, -0.2) is 32.3 Å². The van der Waals surface area contributed by atoms with Crippen molar-refractivity contribution in [2.45, 2.75) is 13.1 Å². The van der Waals surface area contributed by atoms with E-state index in [-0.39, 0.29) is 6.54 Å². The minimum atomic E-state index is -0.457. The predicted octanol–water partition coefficient (Wildman–Crippen LogP) is 3.41. The molecule has 0 atom stereocenters. The Balaban J connectivity index is 1.64. The van der Waals surface area contributed by atoms with Crippen molar-refractivity contribution in [1.29, 1.82) is 0 Å². The van der Waals surface area contributed by atoms with Gasteiger partial charge in [-0.05, 0) is 42.0 Å². The maximum Gasteiger partial charge on any atom is 0.332 e. The van der Waals surface area contributed by atoms with Gasteiger partial charge in [-0.2, -0.15) is 4.98 Å². The second-order valence-corrected chi connectivity index (χ2v) is 8.40. The van der Waals surface area contributed by atoms with E-state index in [2.05, 4.69) is 4.98 Å². The summed E-state index contributed by atoms with van der Waals surface area (Å²) in [5, 5.41) is 0.887. The normalized spacial score (nSPS) is 13.1. The first-order chi connectivity index (χ1) is 15.4. The monoisotopic (exact) mass is 471 g/mol. The summed E-state index contributed by atoms with van der Waals surface area (Å²) in [5.74, 6) is 1.38. The van der Waals surface area contributed by atoms with Gasteiger partial charge in [0.2, 0.25) is 5.95 Å². The van der Waals surface area contributed by atoms with Gasteiger partial charge in [-0.15, -0.1) is 0 Å². The van der Waals surface area contributed by atoms with E-state index in [4.69, 9.17) is 27.9 Å². The molecule has 10 heteroatoms. The lowest BCUT2D eigenvalue weighted by Gasteiger charge is -2.16. The van der Waals surface area contributed by atoms with Gasteiger partial charge in [0.1, 0.15) is 5.75 Å². The van der Waals surface area contributed by atoms with Crippen LogP contribution in [0.25, 0.3) is 11.2 Å². The third kappa shape index (κ3) is 3.18. The lowest BCUT2D eigenvalue weighted by Crippen LogP contribution is -2.40. The molecular weight excluding hydrogens is 453 g/mol. The molecule has 2 aromatic carbocycles. The molecule has 0 saturated carbocycles. The van der Waals surface area contributed by atoms with Crippen LogP contribution >= 0.6 is 23.2 Å². The summed E-state index contributed by atoms with van der Waals surface area (Å²) < 4.78 is 9.68. The maximum absolute atomic E-state index is 13.4. The number of hydrogen-bond donors (Lipinski definition) is 0. The van der Waals surface area contributed by atoms with E-state index < -0.39 is 11.2 Å². The van der Waals surface area contributed by atoms with Crippen molar-refractivity contribution in [3.05, 3.63) is 78.9 Å². The van der Waals surface area contributed by atoms with Gasteiger partial charge < -0.3 is 14.2 Å². The first kappa shape index (κ1) is 20.7. The first-order valence-corrected chi connectivity index (χ1v) is 10.7. The smallest absolute Gasteiger partial charge is 0.332 e. The Morgan fingerprint density at radius 2 is 1.81 bits per heavy atom. The van der Waals surface area contributed by atoms with Crippen LogP contribution in [0.15, 0.2) is 52.1 Å². The number of rotatable bonds is 4. The van der Waals surface area contributed by atoms with E-state index in [1.807, 2.05) is 33.7 Å². The molecular formula is C22H19Cl2N5O3. The molecule has 32 heavy (non-hydrogen) atoms. The Kier molecular flexibility index (Phi) is 4.98. The summed E-state index contributed by atoms with van der Waals surface area (Å²) in [5.41, 5.74) is 1.45. The Morgan fingerprint density at radius 3 is 2.50 bits per heavy atom. The maximum atomic E-state index is 13.4. The van der Waals surface area contributed by atoms with Crippen LogP contribution in [0.3, 0.4) is 0 Å². The molecule has 0 radical (unpaired) electrons. The molecule has 164 valence electrons. The molecule has 1 aliphatic rings. The minimum Gasteiger partial charge on any atom is -0.497 e. The molecule has 0 spiro atoms. The van der Waals surface area contributed by atoms with Crippen molar-refractivity contribution in [1.82, 2.24) is 18.7 Å². The van der Waals surface area contributed by atoms with Crippen LogP contribution in [0.2, 0.25) is 10.0 Å². The lowest BCUT2D eigenvalue weighted by molar-refractivity contribution is 0.415. The number of halogens is 2. The SMILES string of the molecule is COc1ccc(N2CCn3c2nc2c3c(=O)n(Cc3ccc(Cl)cc3Cl)c(=O)n2C)cc1. The molecule has 2 aromatic heterocycles. The topological polar surface area (TPSA) is 74.3 Å². The molecule has 8 nitrogen and oxygen atoms in total. The Labute approximate surface area is 192 Å². The number of aryl methyl sites for hydroxylation is 1. The Hall–Kier alpha value is -3.23. The van der Waals surface area contributed by atoms with Gasteiger partial charge in [-0.3, -0.25) is 13.9 Å². The highest BCUT2D eigenvalue weighted by Gasteiger charge is 2.28. The summed E-state index contributed by atoms with van der Waals surface area (Å²) in [6, 6.07) is 12.6. The van der Waals surface area contributed by atoms with Gasteiger partial charge in [0.05, 0.1) is 13.7 Å². The summed E-state index contributed by atoms with van der Waals surface area (Å²) in [7, 11) is 3.23. The highest BCUT2D eigenvalue weighted by atomic mass is 35.5. The van der Waals surface area contributed by atoms with Crippen molar-refractivity contribution in [3.63, 3.8) is 0 Å². The summed E-state index contributed by atoms with van der Waals surface area (Å²) in [4.78, 5) is 33.1. The quantitative estimate of drug-likeness (QED) is 0.455. The summed E-state index contributed by atoms with van der Waals surface area (Å²) in [6.45, 7) is 1.28. The number of imidazole rings is 1. The van der Waals surface area contributed by atoms with Crippen molar-refractivity contribution >= 4 is 46.0 Å². The molecule has 0 saturated heterocycles. The molecule has 5 rings (SSSR count). The van der Waals surface area contributed by atoms with Gasteiger partial charge in [0.15, 0.2) is 11.2 Å². The average Bonchev–Trinajstić information content (AvgIpc) is 3.36. The number of ether oxygens (including phenoxy) is 1. The fourth-order valence-electron chi connectivity index (χ4n) is 4.04. The standard InChI is InChI=1S/C22H19Cl2N5O3/c1-26-19-18(20(30)29(22(26)31)12-13-3-4-14(23)11-17(13)24)28-10-9-27(21(28)25-19)15-5-7-16(32-2)8-6-15/h3-8,11H,9-10,12H2,1-2H3. The van der Waals surface area contributed by atoms with Crippen LogP contribution in [0.4, 0.5) is 11.6 Å². The summed E-state index contributed by atoms with van der Waals surface area (Å²) in [6.07, 6.45) is 0. The lowest BCUT2D eigenvalue weighted by atomic mass is 10.2. The minimum absolute atomic E-state index is 0.0418. The van der Waals surface area contributed by atoms with E-state index in [0.717, 1.165) is 11.4 Å². The van der Waals surface area contributed by atoms with Gasteiger partial charge in [0.25, 0.3) is 5.56 Å². The number of hydrogen-bond acceptors (Lipinski definition) is 5. The zero-order valence-corrected chi connectivity index (χ0v) is 18.9. The van der Waals surface area contributed by atoms with E-state index in [0.29, 0.717) is 45.8 Å². The van der Waals surface area contributed by atoms with Crippen LogP contribution in [0.1, 0.15) is 5.56 Å². The summed E-state index contributed by atoms with van der Waals surface area (Å²) >= 11 is 12.3. The number of fused-ring (bicyclic) bond motifs is 3. The first-order valence-electron chi connectivity index (χ1n) is 9.94. The van der Waals surface area contributed by atoms with Crippen LogP contribution < -0.4 is 20.9 Å². The number of anilines is 2. The fraction of sp³-hybridized carbons (Fsp3) is 0.227. The van der Waals surface area contributed by atoms with E-state index >= 15 is 0 Å². The van der Waals surface area contributed by atoms with Crippen LogP contribution in [-0.2, 0) is 20.1 Å². The number of nitrogens with zero attached hydrogens (tertiary/aromatic N) is 5. The molecule has 3 heterocycles. The van der Waals surface area contributed by atoms with Crippen molar-refractivity contribution in [3.8, 4) is 5.75 Å². The molecule has 4 aromatic rings. The van der Waals surface area contributed by atoms with Crippen LogP contribution in [0, 0.1) is 0 Å². The van der Waals surface area contributed by atoms with Gasteiger partial charge in [-0.25, -0.2) is 4.79 Å². The third-order valence-corrected chi connectivity index (χ3v) is 6.32. The third-order valence-electron chi connectivity index (χ3n) is 5.73. The van der Waals surface area contributed by atoms with Gasteiger partial charge in [0, 0.05) is 35.9 Å². The number of aromatic nitrogens is 4. The van der Waals surface area contributed by atoms with Crippen LogP contribution in [0.5, 0.6) is 5.75 Å². The fourth-order valence-corrected chi connectivity index (χ4v) is 4.51. The second-order valence-electron chi connectivity index (χ2n) is 7.55. The zero-order chi connectivity index (χ0) is 22.6. The zero-order valence-electron chi connectivity index (χ0n) is 17.4. The largest absolute Gasteiger partial charge is 0.497 e. The number of methoxy groups -OCH3 is 1. The van der Waals surface area contributed by atoms with E-state index in [1.165, 1.54) is 9.13 Å². The highest BCUT2D eigenvalue weighted by molar-refractivity contribution is 6.35. The number of benzene rings is 2. The molecule has 1 aliphatic heterocycles. The van der Waals surface area contributed by atoms with Crippen molar-refractivity contribution < 1.29 is 4.74 Å². The second kappa shape index (κ2) is 7.72. The van der Waals surface area contributed by atoms with E-state index in [9.17, 15) is 9.59 Å². The molecule has 0 amide bonds. The Morgan fingerprint density at radius 1 is 1.06 bits per heavy atom. The Bertz CT molecular complexity index is 1470. The van der Waals surface area contributed by atoms with E-state index in [1.54, 1.807) is 32.4 Å². The molecule has 0 fully saturated rings. The van der Waals surface area contributed by atoms with Crippen molar-refractivity contribution in [2.24, 2.45) is 7.05 Å². The molecule has 0 unspecified atom stereocenters. The van der Waals surface area contributed by atoms with Gasteiger partial charge >= 0.3 is 5.69 Å². The van der Waals surface area contributed by atoms with Gasteiger partial charge in [-0.1, -0.05) is 29.3 Å². The average molecular weight is 472 g/mol. The molecule has 0 bridgehead atoms. The molecule has 0 aliphatic carbocycles. The van der Waals surface area contributed by atoms with Crippen molar-refractivity contribution in [2.75, 3.05) is 18.6 Å².